The number of para-hydroxylation sites is 1. The molecule has 3 heterocycles. The summed E-state index contributed by atoms with van der Waals surface area (Å²) in [4.78, 5) is 24.3. The molecular formula is C24H20N4O2. The second-order valence-electron chi connectivity index (χ2n) is 7.10. The summed E-state index contributed by atoms with van der Waals surface area (Å²) in [7, 11) is 1.57. The zero-order chi connectivity index (χ0) is 20.5. The number of benzene rings is 2. The smallest absolute Gasteiger partial charge is 0.214 e. The summed E-state index contributed by atoms with van der Waals surface area (Å²) >= 11 is 0. The van der Waals surface area contributed by atoms with E-state index in [-0.39, 0.29) is 5.78 Å². The highest BCUT2D eigenvalue weighted by Gasteiger charge is 2.25. The van der Waals surface area contributed by atoms with Gasteiger partial charge < -0.3 is 20.0 Å². The van der Waals surface area contributed by atoms with Crippen LogP contribution in [0, 0.1) is 0 Å². The van der Waals surface area contributed by atoms with Gasteiger partial charge in [-0.25, -0.2) is 4.98 Å². The molecule has 5 aromatic rings. The lowest BCUT2D eigenvalue weighted by atomic mass is 9.96. The van der Waals surface area contributed by atoms with Gasteiger partial charge >= 0.3 is 0 Å². The number of aromatic amines is 2. The Morgan fingerprint density at radius 1 is 1.03 bits per heavy atom. The largest absolute Gasteiger partial charge is 0.481 e. The molecule has 0 aliphatic rings. The Balaban J connectivity index is 1.60. The molecule has 0 amide bonds. The summed E-state index contributed by atoms with van der Waals surface area (Å²) in [5, 5.41) is 5.35. The van der Waals surface area contributed by atoms with Crippen molar-refractivity contribution in [2.45, 2.75) is 6.04 Å². The third kappa shape index (κ3) is 3.18. The van der Waals surface area contributed by atoms with Crippen molar-refractivity contribution in [3.63, 3.8) is 0 Å². The van der Waals surface area contributed by atoms with Crippen molar-refractivity contribution >= 4 is 33.3 Å². The Hall–Kier alpha value is -4.06. The van der Waals surface area contributed by atoms with Crippen LogP contribution in [0.5, 0.6) is 5.88 Å². The van der Waals surface area contributed by atoms with Gasteiger partial charge in [-0.05, 0) is 41.3 Å². The molecule has 0 radical (unpaired) electrons. The Kier molecular flexibility index (Phi) is 4.44. The number of carbonyl (C=O) groups is 1. The molecule has 0 spiro atoms. The van der Waals surface area contributed by atoms with Gasteiger partial charge in [0.1, 0.15) is 6.04 Å². The number of carbonyl (C=O) groups excluding carboxylic acids is 1. The number of nitrogens with zero attached hydrogens (tertiary/aromatic N) is 1. The average Bonchev–Trinajstić information content (AvgIpc) is 3.43. The Bertz CT molecular complexity index is 1350. The van der Waals surface area contributed by atoms with Crippen molar-refractivity contribution in [3.8, 4) is 5.88 Å². The van der Waals surface area contributed by atoms with E-state index >= 15 is 0 Å². The molecule has 0 aliphatic carbocycles. The second-order valence-corrected chi connectivity index (χ2v) is 7.10. The van der Waals surface area contributed by atoms with Gasteiger partial charge in [-0.2, -0.15) is 0 Å². The van der Waals surface area contributed by atoms with Crippen molar-refractivity contribution in [3.05, 3.63) is 90.4 Å². The average molecular weight is 396 g/mol. The van der Waals surface area contributed by atoms with Crippen molar-refractivity contribution < 1.29 is 9.53 Å². The van der Waals surface area contributed by atoms with Gasteiger partial charge in [-0.3, -0.25) is 4.79 Å². The number of methoxy groups -OCH3 is 1. The number of anilines is 1. The Morgan fingerprint density at radius 2 is 1.93 bits per heavy atom. The van der Waals surface area contributed by atoms with Crippen LogP contribution in [0.25, 0.3) is 21.8 Å². The number of hydrogen-bond acceptors (Lipinski definition) is 4. The second kappa shape index (κ2) is 7.40. The van der Waals surface area contributed by atoms with Gasteiger partial charge in [0, 0.05) is 52.3 Å². The number of pyridine rings is 1. The third-order valence-corrected chi connectivity index (χ3v) is 5.28. The first-order valence-corrected chi connectivity index (χ1v) is 9.67. The highest BCUT2D eigenvalue weighted by atomic mass is 16.5. The first-order valence-electron chi connectivity index (χ1n) is 9.67. The van der Waals surface area contributed by atoms with E-state index in [1.165, 1.54) is 0 Å². The number of H-pyrrole nitrogens is 2. The minimum Gasteiger partial charge on any atom is -0.481 e. The molecule has 148 valence electrons. The number of nitrogens with one attached hydrogen (secondary N) is 3. The van der Waals surface area contributed by atoms with Crippen LogP contribution in [0.3, 0.4) is 0 Å². The highest BCUT2D eigenvalue weighted by Crippen LogP contribution is 2.30. The number of ether oxygens (including phenoxy) is 1. The molecule has 6 nitrogen and oxygen atoms in total. The monoisotopic (exact) mass is 396 g/mol. The molecule has 2 aromatic carbocycles. The minimum atomic E-state index is -0.574. The molecule has 3 aromatic heterocycles. The lowest BCUT2D eigenvalue weighted by molar-refractivity contribution is 0.0971. The summed E-state index contributed by atoms with van der Waals surface area (Å²) in [5.41, 5.74) is 4.26. The minimum absolute atomic E-state index is 0.0156. The summed E-state index contributed by atoms with van der Waals surface area (Å²) in [5.74, 6) is 0.470. The van der Waals surface area contributed by atoms with Gasteiger partial charge in [-0.15, -0.1) is 0 Å². The summed E-state index contributed by atoms with van der Waals surface area (Å²) in [6, 6.07) is 18.9. The van der Waals surface area contributed by atoms with E-state index in [1.807, 2.05) is 60.8 Å². The predicted molar refractivity (Wildman–Crippen MR) is 118 cm³/mol. The van der Waals surface area contributed by atoms with Gasteiger partial charge in [0.25, 0.3) is 0 Å². The molecule has 1 unspecified atom stereocenters. The molecule has 0 saturated carbocycles. The van der Waals surface area contributed by atoms with E-state index in [4.69, 9.17) is 4.74 Å². The molecule has 0 bridgehead atoms. The van der Waals surface area contributed by atoms with Gasteiger partial charge in [-0.1, -0.05) is 24.3 Å². The van der Waals surface area contributed by atoms with Crippen LogP contribution >= 0.6 is 0 Å². The van der Waals surface area contributed by atoms with E-state index < -0.39 is 6.04 Å². The third-order valence-electron chi connectivity index (χ3n) is 5.28. The molecule has 5 rings (SSSR count). The van der Waals surface area contributed by atoms with Crippen LogP contribution in [0.1, 0.15) is 22.0 Å². The maximum atomic E-state index is 13.7. The number of rotatable bonds is 6. The Morgan fingerprint density at radius 3 is 2.83 bits per heavy atom. The van der Waals surface area contributed by atoms with Crippen molar-refractivity contribution in [2.24, 2.45) is 0 Å². The summed E-state index contributed by atoms with van der Waals surface area (Å²) < 4.78 is 5.23. The fourth-order valence-corrected chi connectivity index (χ4v) is 3.76. The van der Waals surface area contributed by atoms with Crippen molar-refractivity contribution in [1.29, 1.82) is 0 Å². The maximum Gasteiger partial charge on any atom is 0.214 e. The van der Waals surface area contributed by atoms with Crippen LogP contribution in [0.2, 0.25) is 0 Å². The summed E-state index contributed by atoms with van der Waals surface area (Å²) in [6.45, 7) is 0. The first-order chi connectivity index (χ1) is 14.7. The zero-order valence-corrected chi connectivity index (χ0v) is 16.3. The van der Waals surface area contributed by atoms with E-state index in [9.17, 15) is 4.79 Å². The molecule has 0 saturated heterocycles. The standard InChI is InChI=1S/C24H20N4O2/c1-30-22-13-17(9-11-26-22)28-23(16-6-7-20-15(12-16)8-10-25-20)24(29)19-14-27-21-5-3-2-4-18(19)21/h2-14,23,25,27H,1H3,(H,26,28). The lowest BCUT2D eigenvalue weighted by Gasteiger charge is -2.20. The van der Waals surface area contributed by atoms with E-state index in [0.29, 0.717) is 11.4 Å². The van der Waals surface area contributed by atoms with Crippen LogP contribution in [-0.4, -0.2) is 27.8 Å². The van der Waals surface area contributed by atoms with Crippen LogP contribution < -0.4 is 10.1 Å². The van der Waals surface area contributed by atoms with Crippen molar-refractivity contribution in [2.75, 3.05) is 12.4 Å². The number of aromatic nitrogens is 3. The fourth-order valence-electron chi connectivity index (χ4n) is 3.76. The molecule has 6 heteroatoms. The highest BCUT2D eigenvalue weighted by molar-refractivity contribution is 6.11. The molecule has 1 atom stereocenters. The van der Waals surface area contributed by atoms with Crippen molar-refractivity contribution in [1.82, 2.24) is 15.0 Å². The van der Waals surface area contributed by atoms with E-state index in [1.54, 1.807) is 25.6 Å². The molecule has 0 fully saturated rings. The normalized spacial score (nSPS) is 12.2. The molecular weight excluding hydrogens is 376 g/mol. The summed E-state index contributed by atoms with van der Waals surface area (Å²) in [6.07, 6.45) is 5.33. The maximum absolute atomic E-state index is 13.7. The predicted octanol–water partition coefficient (Wildman–Crippen LogP) is 5.09. The zero-order valence-electron chi connectivity index (χ0n) is 16.3. The van der Waals surface area contributed by atoms with E-state index in [0.717, 1.165) is 33.1 Å². The fraction of sp³-hybridized carbons (Fsp3) is 0.0833. The molecule has 3 N–H and O–H groups in total. The number of fused-ring (bicyclic) bond motifs is 2. The van der Waals surface area contributed by atoms with Gasteiger partial charge in [0.2, 0.25) is 5.88 Å². The molecule has 0 aliphatic heterocycles. The van der Waals surface area contributed by atoms with Gasteiger partial charge in [0.15, 0.2) is 5.78 Å². The number of Topliss-reactive ketones (excluding diaryl/α,β-unsaturated/α-hetero) is 1. The lowest BCUT2D eigenvalue weighted by Crippen LogP contribution is -2.21. The number of hydrogen-bond donors (Lipinski definition) is 3. The van der Waals surface area contributed by atoms with Crippen LogP contribution in [0.4, 0.5) is 5.69 Å². The topological polar surface area (TPSA) is 82.8 Å². The van der Waals surface area contributed by atoms with Crippen LogP contribution in [-0.2, 0) is 0 Å². The number of ketones is 1. The SMILES string of the molecule is COc1cc(NC(C(=O)c2c[nH]c3ccccc23)c2ccc3[nH]ccc3c2)ccn1. The van der Waals surface area contributed by atoms with E-state index in [2.05, 4.69) is 20.3 Å². The first kappa shape index (κ1) is 18.0. The van der Waals surface area contributed by atoms with Gasteiger partial charge in [0.05, 0.1) is 7.11 Å². The molecule has 30 heavy (non-hydrogen) atoms. The van der Waals surface area contributed by atoms with Crippen LogP contribution in [0.15, 0.2) is 79.3 Å². The quantitative estimate of drug-likeness (QED) is 0.349. The Labute approximate surface area is 172 Å².